The second-order valence-electron chi connectivity index (χ2n) is 2.91. The molecule has 0 saturated heterocycles. The molecular weight excluding hydrogens is 214 g/mol. The number of carboxylic acids is 1. The molecule has 0 unspecified atom stereocenters. The number of nitrogens with one attached hydrogen (secondary N) is 1. The van der Waals surface area contributed by atoms with E-state index in [2.05, 4.69) is 4.98 Å². The highest BCUT2D eigenvalue weighted by Gasteiger charge is 2.12. The zero-order valence-electron chi connectivity index (χ0n) is 7.56. The number of hydrogen-bond donors (Lipinski definition) is 2. The molecule has 2 aromatic heterocycles. The summed E-state index contributed by atoms with van der Waals surface area (Å²) < 4.78 is 0. The molecule has 4 nitrogen and oxygen atoms in total. The van der Waals surface area contributed by atoms with E-state index in [1.54, 1.807) is 0 Å². The van der Waals surface area contributed by atoms with Crippen LogP contribution in [0.5, 0.6) is 0 Å². The van der Waals surface area contributed by atoms with Crippen LogP contribution in [0.3, 0.4) is 0 Å². The van der Waals surface area contributed by atoms with E-state index in [1.165, 1.54) is 17.5 Å². The summed E-state index contributed by atoms with van der Waals surface area (Å²) in [5.41, 5.74) is 0.158. The third kappa shape index (κ3) is 1.82. The first kappa shape index (κ1) is 9.67. The molecule has 0 aliphatic heterocycles. The minimum atomic E-state index is -1.09. The van der Waals surface area contributed by atoms with Crippen molar-refractivity contribution in [1.29, 1.82) is 0 Å². The van der Waals surface area contributed by atoms with Gasteiger partial charge >= 0.3 is 5.97 Å². The van der Waals surface area contributed by atoms with Gasteiger partial charge in [0.15, 0.2) is 0 Å². The maximum Gasteiger partial charge on any atom is 0.336 e. The molecule has 5 heteroatoms. The van der Waals surface area contributed by atoms with Crippen LogP contribution in [0.25, 0.3) is 10.4 Å². The van der Waals surface area contributed by atoms with Crippen molar-refractivity contribution in [2.45, 2.75) is 0 Å². The average Bonchev–Trinajstić information content (AvgIpc) is 2.70. The second kappa shape index (κ2) is 3.70. The van der Waals surface area contributed by atoms with Gasteiger partial charge in [-0.2, -0.15) is 0 Å². The fourth-order valence-electron chi connectivity index (χ4n) is 1.28. The lowest BCUT2D eigenvalue weighted by Gasteiger charge is -2.01. The van der Waals surface area contributed by atoms with E-state index >= 15 is 0 Å². The summed E-state index contributed by atoms with van der Waals surface area (Å²) in [7, 11) is 0. The van der Waals surface area contributed by atoms with Gasteiger partial charge in [-0.15, -0.1) is 11.3 Å². The van der Waals surface area contributed by atoms with E-state index in [0.717, 1.165) is 10.9 Å². The molecule has 2 N–H and O–H groups in total. The van der Waals surface area contributed by atoms with Crippen LogP contribution in [0.1, 0.15) is 10.4 Å². The van der Waals surface area contributed by atoms with Crippen molar-refractivity contribution in [1.82, 2.24) is 4.98 Å². The summed E-state index contributed by atoms with van der Waals surface area (Å²) >= 11 is 1.43. The number of aromatic nitrogens is 1. The number of aromatic carboxylic acids is 1. The number of rotatable bonds is 2. The van der Waals surface area contributed by atoms with E-state index in [-0.39, 0.29) is 5.56 Å². The lowest BCUT2D eigenvalue weighted by atomic mass is 10.1. The van der Waals surface area contributed by atoms with Crippen molar-refractivity contribution >= 4 is 17.3 Å². The van der Waals surface area contributed by atoms with Gasteiger partial charge < -0.3 is 10.1 Å². The van der Waals surface area contributed by atoms with Crippen LogP contribution in [0.15, 0.2) is 34.6 Å². The number of carboxylic acid groups (broad SMARTS) is 1. The summed E-state index contributed by atoms with van der Waals surface area (Å²) in [5.74, 6) is -1.09. The molecule has 0 atom stereocenters. The van der Waals surface area contributed by atoms with E-state index in [4.69, 9.17) is 5.11 Å². The summed E-state index contributed by atoms with van der Waals surface area (Å²) in [5, 5.41) is 10.8. The molecule has 0 saturated carbocycles. The van der Waals surface area contributed by atoms with Crippen molar-refractivity contribution in [3.63, 3.8) is 0 Å². The third-order valence-electron chi connectivity index (χ3n) is 1.94. The van der Waals surface area contributed by atoms with Gasteiger partial charge in [-0.3, -0.25) is 4.79 Å². The van der Waals surface area contributed by atoms with E-state index in [0.29, 0.717) is 5.56 Å². The maximum absolute atomic E-state index is 11.0. The fourth-order valence-corrected chi connectivity index (χ4v) is 2.04. The van der Waals surface area contributed by atoms with Crippen molar-refractivity contribution < 1.29 is 9.90 Å². The van der Waals surface area contributed by atoms with Crippen molar-refractivity contribution in [3.8, 4) is 10.4 Å². The lowest BCUT2D eigenvalue weighted by molar-refractivity contribution is 0.0697. The predicted molar refractivity (Wildman–Crippen MR) is 57.3 cm³/mol. The molecule has 0 aliphatic rings. The Morgan fingerprint density at radius 3 is 2.87 bits per heavy atom. The molecule has 0 aliphatic carbocycles. The van der Waals surface area contributed by atoms with Gasteiger partial charge in [0.25, 0.3) is 0 Å². The highest BCUT2D eigenvalue weighted by Crippen LogP contribution is 2.26. The minimum Gasteiger partial charge on any atom is -0.478 e. The Morgan fingerprint density at radius 2 is 2.27 bits per heavy atom. The Hall–Kier alpha value is -1.88. The quantitative estimate of drug-likeness (QED) is 0.812. The highest BCUT2D eigenvalue weighted by atomic mass is 32.1. The van der Waals surface area contributed by atoms with Gasteiger partial charge in [0, 0.05) is 22.7 Å². The summed E-state index contributed by atoms with van der Waals surface area (Å²) in [6.45, 7) is 0. The van der Waals surface area contributed by atoms with Crippen LogP contribution in [0, 0.1) is 0 Å². The van der Waals surface area contributed by atoms with E-state index < -0.39 is 11.5 Å². The highest BCUT2D eigenvalue weighted by molar-refractivity contribution is 7.13. The zero-order chi connectivity index (χ0) is 10.8. The first-order valence-corrected chi connectivity index (χ1v) is 5.06. The van der Waals surface area contributed by atoms with Crippen LogP contribution in [-0.4, -0.2) is 16.1 Å². The summed E-state index contributed by atoms with van der Waals surface area (Å²) in [4.78, 5) is 25.2. The SMILES string of the molecule is O=C(O)c1cc(=O)[nH]cc1-c1cccs1. The fraction of sp³-hybridized carbons (Fsp3) is 0. The molecule has 76 valence electrons. The van der Waals surface area contributed by atoms with Crippen LogP contribution in [0.4, 0.5) is 0 Å². The largest absolute Gasteiger partial charge is 0.478 e. The normalized spacial score (nSPS) is 10.1. The second-order valence-corrected chi connectivity index (χ2v) is 3.85. The first-order chi connectivity index (χ1) is 7.18. The Morgan fingerprint density at radius 1 is 1.47 bits per heavy atom. The molecular formula is C10H7NO3S. The number of thiophene rings is 1. The number of H-pyrrole nitrogens is 1. The van der Waals surface area contributed by atoms with Gasteiger partial charge in [0.2, 0.25) is 5.56 Å². The molecule has 0 bridgehead atoms. The van der Waals surface area contributed by atoms with Crippen LogP contribution in [-0.2, 0) is 0 Å². The Kier molecular flexibility index (Phi) is 2.39. The molecule has 2 rings (SSSR count). The molecule has 0 aromatic carbocycles. The monoisotopic (exact) mass is 221 g/mol. The van der Waals surface area contributed by atoms with Crippen LogP contribution in [0.2, 0.25) is 0 Å². The summed E-state index contributed by atoms with van der Waals surface area (Å²) in [6.07, 6.45) is 1.43. The predicted octanol–water partition coefficient (Wildman–Crippen LogP) is 1.80. The van der Waals surface area contributed by atoms with Gasteiger partial charge in [0.05, 0.1) is 5.56 Å². The number of pyridine rings is 1. The van der Waals surface area contributed by atoms with E-state index in [1.807, 2.05) is 17.5 Å². The average molecular weight is 221 g/mol. The Bertz CT molecular complexity index is 542. The summed E-state index contributed by atoms with van der Waals surface area (Å²) in [6, 6.07) is 4.74. The van der Waals surface area contributed by atoms with Crippen molar-refractivity contribution in [2.75, 3.05) is 0 Å². The molecule has 2 heterocycles. The Labute approximate surface area is 88.8 Å². The topological polar surface area (TPSA) is 70.2 Å². The van der Waals surface area contributed by atoms with Crippen molar-refractivity contribution in [3.05, 3.63) is 45.7 Å². The molecule has 0 spiro atoms. The number of aromatic amines is 1. The number of hydrogen-bond acceptors (Lipinski definition) is 3. The maximum atomic E-state index is 11.0. The Balaban J connectivity index is 2.66. The molecule has 0 radical (unpaired) electrons. The van der Waals surface area contributed by atoms with Gasteiger partial charge in [-0.25, -0.2) is 4.79 Å². The van der Waals surface area contributed by atoms with Crippen molar-refractivity contribution in [2.24, 2.45) is 0 Å². The minimum absolute atomic E-state index is 0.0289. The molecule has 0 fully saturated rings. The van der Waals surface area contributed by atoms with Crippen LogP contribution < -0.4 is 5.56 Å². The van der Waals surface area contributed by atoms with E-state index in [9.17, 15) is 9.59 Å². The lowest BCUT2D eigenvalue weighted by Crippen LogP contribution is -2.10. The molecule has 2 aromatic rings. The third-order valence-corrected chi connectivity index (χ3v) is 2.84. The zero-order valence-corrected chi connectivity index (χ0v) is 8.38. The standard InChI is InChI=1S/C10H7NO3S/c12-9-4-6(10(13)14)7(5-11-9)8-2-1-3-15-8/h1-5H,(H,11,12)(H,13,14). The molecule has 0 amide bonds. The number of carbonyl (C=O) groups is 1. The van der Waals surface area contributed by atoms with Gasteiger partial charge in [-0.1, -0.05) is 6.07 Å². The van der Waals surface area contributed by atoms with Gasteiger partial charge in [-0.05, 0) is 11.4 Å². The smallest absolute Gasteiger partial charge is 0.336 e. The van der Waals surface area contributed by atoms with Gasteiger partial charge in [0.1, 0.15) is 0 Å². The molecule has 15 heavy (non-hydrogen) atoms. The van der Waals surface area contributed by atoms with Crippen LogP contribution >= 0.6 is 11.3 Å². The first-order valence-electron chi connectivity index (χ1n) is 4.18.